The topological polar surface area (TPSA) is 0 Å². The molecular formula is C18H40N2+2. The van der Waals surface area contributed by atoms with Crippen molar-refractivity contribution in [1.82, 2.24) is 0 Å². The van der Waals surface area contributed by atoms with Crippen molar-refractivity contribution in [1.29, 1.82) is 0 Å². The van der Waals surface area contributed by atoms with E-state index in [1.165, 1.54) is 99.4 Å². The molecule has 0 radical (unpaired) electrons. The van der Waals surface area contributed by atoms with Crippen LogP contribution in [-0.2, 0) is 0 Å². The van der Waals surface area contributed by atoms with Crippen LogP contribution in [0.3, 0.4) is 0 Å². The molecule has 1 fully saturated rings. The van der Waals surface area contributed by atoms with Gasteiger partial charge in [0.05, 0.1) is 54.4 Å². The van der Waals surface area contributed by atoms with Gasteiger partial charge in [0, 0.05) is 0 Å². The number of hydrogen-bond donors (Lipinski definition) is 0. The van der Waals surface area contributed by atoms with Gasteiger partial charge in [-0.25, -0.2) is 0 Å². The Hall–Kier alpha value is -0.0800. The lowest BCUT2D eigenvalue weighted by atomic mass is 10.1. The van der Waals surface area contributed by atoms with E-state index in [0.29, 0.717) is 0 Å². The van der Waals surface area contributed by atoms with E-state index >= 15 is 0 Å². The minimum Gasteiger partial charge on any atom is -0.328 e. The van der Waals surface area contributed by atoms with Gasteiger partial charge in [0.2, 0.25) is 0 Å². The molecule has 0 bridgehead atoms. The predicted octanol–water partition coefficient (Wildman–Crippen LogP) is 4.05. The van der Waals surface area contributed by atoms with E-state index in [2.05, 4.69) is 28.2 Å². The second-order valence-corrected chi connectivity index (χ2v) is 8.30. The Morgan fingerprint density at radius 1 is 0.350 bits per heavy atom. The summed E-state index contributed by atoms with van der Waals surface area (Å²) in [5.74, 6) is 0. The van der Waals surface area contributed by atoms with E-state index in [-0.39, 0.29) is 0 Å². The minimum atomic E-state index is 1.24. The van der Waals surface area contributed by atoms with Gasteiger partial charge in [-0.2, -0.15) is 0 Å². The van der Waals surface area contributed by atoms with E-state index in [1.54, 1.807) is 0 Å². The van der Waals surface area contributed by atoms with E-state index in [1.807, 2.05) is 0 Å². The number of hydrogen-bond acceptors (Lipinski definition) is 0. The molecule has 0 aromatic heterocycles. The molecule has 1 heterocycles. The maximum Gasteiger partial charge on any atom is 0.0782 e. The van der Waals surface area contributed by atoms with Gasteiger partial charge in [0.25, 0.3) is 0 Å². The SMILES string of the molecule is C[N+]1(C)CCCCCCCC[N+](C)(C)CCCCCC1. The van der Waals surface area contributed by atoms with Crippen LogP contribution in [0.4, 0.5) is 0 Å². The first-order valence-electron chi connectivity index (χ1n) is 9.05. The molecular weight excluding hydrogens is 244 g/mol. The van der Waals surface area contributed by atoms with Gasteiger partial charge in [-0.3, -0.25) is 0 Å². The zero-order valence-electron chi connectivity index (χ0n) is 14.8. The third kappa shape index (κ3) is 8.97. The summed E-state index contributed by atoms with van der Waals surface area (Å²) in [6, 6.07) is 0. The quantitative estimate of drug-likeness (QED) is 0.589. The summed E-state index contributed by atoms with van der Waals surface area (Å²) in [6.45, 7) is 5.50. The number of rotatable bonds is 0. The third-order valence-corrected chi connectivity index (χ3v) is 5.05. The summed E-state index contributed by atoms with van der Waals surface area (Å²) in [4.78, 5) is 0. The lowest BCUT2D eigenvalue weighted by Gasteiger charge is -2.31. The van der Waals surface area contributed by atoms with Gasteiger partial charge in [-0.1, -0.05) is 12.8 Å². The first-order valence-corrected chi connectivity index (χ1v) is 9.05. The summed E-state index contributed by atoms with van der Waals surface area (Å²) >= 11 is 0. The Kier molecular flexibility index (Phi) is 8.13. The Balaban J connectivity index is 2.35. The Labute approximate surface area is 128 Å². The highest BCUT2D eigenvalue weighted by molar-refractivity contribution is 4.49. The fourth-order valence-corrected chi connectivity index (χ4v) is 3.44. The van der Waals surface area contributed by atoms with Crippen LogP contribution in [0.15, 0.2) is 0 Å². The molecule has 0 saturated carbocycles. The molecule has 1 aliphatic heterocycles. The third-order valence-electron chi connectivity index (χ3n) is 5.05. The van der Waals surface area contributed by atoms with Gasteiger partial charge >= 0.3 is 0 Å². The van der Waals surface area contributed by atoms with Crippen LogP contribution in [-0.4, -0.2) is 63.3 Å². The van der Waals surface area contributed by atoms with E-state index in [9.17, 15) is 0 Å². The van der Waals surface area contributed by atoms with Crippen molar-refractivity contribution in [3.63, 3.8) is 0 Å². The predicted molar refractivity (Wildman–Crippen MR) is 89.9 cm³/mol. The summed E-state index contributed by atoms with van der Waals surface area (Å²) < 4.78 is 2.48. The zero-order valence-corrected chi connectivity index (χ0v) is 14.8. The summed E-state index contributed by atoms with van der Waals surface area (Å²) in [5.41, 5.74) is 0. The lowest BCUT2D eigenvalue weighted by molar-refractivity contribution is -0.891. The Morgan fingerprint density at radius 2 is 0.550 bits per heavy atom. The number of nitrogens with zero attached hydrogens (tertiary/aromatic N) is 2. The molecule has 1 saturated heterocycles. The maximum absolute atomic E-state index is 2.42. The minimum absolute atomic E-state index is 1.24. The number of quaternary nitrogens is 2. The van der Waals surface area contributed by atoms with Crippen LogP contribution >= 0.6 is 0 Å². The fourth-order valence-electron chi connectivity index (χ4n) is 3.44. The average Bonchev–Trinajstić information content (AvgIpc) is 2.35. The summed E-state index contributed by atoms with van der Waals surface area (Å²) in [7, 11) is 9.68. The van der Waals surface area contributed by atoms with Gasteiger partial charge in [-0.05, 0) is 51.4 Å². The average molecular weight is 285 g/mol. The zero-order chi connectivity index (χ0) is 14.9. The van der Waals surface area contributed by atoms with Crippen molar-refractivity contribution in [3.05, 3.63) is 0 Å². The van der Waals surface area contributed by atoms with Crippen molar-refractivity contribution in [2.75, 3.05) is 54.4 Å². The molecule has 1 rings (SSSR count). The van der Waals surface area contributed by atoms with Crippen LogP contribution in [0, 0.1) is 0 Å². The molecule has 0 atom stereocenters. The molecule has 0 aromatic carbocycles. The molecule has 120 valence electrons. The Bertz CT molecular complexity index is 220. The van der Waals surface area contributed by atoms with E-state index in [0.717, 1.165) is 0 Å². The molecule has 2 nitrogen and oxygen atoms in total. The highest BCUT2D eigenvalue weighted by atomic mass is 15.3. The van der Waals surface area contributed by atoms with E-state index < -0.39 is 0 Å². The highest BCUT2D eigenvalue weighted by Crippen LogP contribution is 2.13. The first-order chi connectivity index (χ1) is 9.41. The van der Waals surface area contributed by atoms with Crippen LogP contribution in [0.1, 0.15) is 64.2 Å². The van der Waals surface area contributed by atoms with Gasteiger partial charge < -0.3 is 8.97 Å². The summed E-state index contributed by atoms with van der Waals surface area (Å²) in [5, 5.41) is 0. The first kappa shape index (κ1) is 18.0. The monoisotopic (exact) mass is 284 g/mol. The summed E-state index contributed by atoms with van der Waals surface area (Å²) in [6.07, 6.45) is 14.3. The molecule has 1 aliphatic rings. The second-order valence-electron chi connectivity index (χ2n) is 8.30. The molecule has 2 heteroatoms. The molecule has 0 unspecified atom stereocenters. The van der Waals surface area contributed by atoms with Crippen molar-refractivity contribution in [2.24, 2.45) is 0 Å². The van der Waals surface area contributed by atoms with Crippen LogP contribution in [0.2, 0.25) is 0 Å². The van der Waals surface area contributed by atoms with Crippen molar-refractivity contribution in [3.8, 4) is 0 Å². The molecule has 0 aliphatic carbocycles. The highest BCUT2D eigenvalue weighted by Gasteiger charge is 2.16. The Morgan fingerprint density at radius 3 is 0.800 bits per heavy atom. The fraction of sp³-hybridized carbons (Fsp3) is 1.00. The smallest absolute Gasteiger partial charge is 0.0782 e. The maximum atomic E-state index is 2.42. The standard InChI is InChI=1S/C18H40N2/c1-19(2)15-11-7-5-6-8-12-16-20(3,4)18-14-10-9-13-17-19/h5-18H2,1-4H3/q+2. The lowest BCUT2D eigenvalue weighted by Crippen LogP contribution is -2.41. The van der Waals surface area contributed by atoms with Gasteiger partial charge in [0.1, 0.15) is 0 Å². The van der Waals surface area contributed by atoms with Crippen LogP contribution in [0.25, 0.3) is 0 Å². The molecule has 0 spiro atoms. The van der Waals surface area contributed by atoms with E-state index in [4.69, 9.17) is 0 Å². The largest absolute Gasteiger partial charge is 0.328 e. The molecule has 0 N–H and O–H groups in total. The second kappa shape index (κ2) is 9.04. The van der Waals surface area contributed by atoms with Gasteiger partial charge in [0.15, 0.2) is 0 Å². The van der Waals surface area contributed by atoms with Crippen LogP contribution in [0.5, 0.6) is 0 Å². The normalized spacial score (nSPS) is 27.0. The molecule has 0 amide bonds. The van der Waals surface area contributed by atoms with Crippen molar-refractivity contribution < 1.29 is 8.97 Å². The molecule has 0 aromatic rings. The van der Waals surface area contributed by atoms with Crippen molar-refractivity contribution in [2.45, 2.75) is 64.2 Å². The van der Waals surface area contributed by atoms with Crippen molar-refractivity contribution >= 4 is 0 Å². The molecule has 20 heavy (non-hydrogen) atoms. The van der Waals surface area contributed by atoms with Gasteiger partial charge in [-0.15, -0.1) is 0 Å². The van der Waals surface area contributed by atoms with Crippen LogP contribution < -0.4 is 0 Å².